The molecule has 0 unspecified atom stereocenters. The molecule has 0 aromatic heterocycles. The van der Waals surface area contributed by atoms with Crippen molar-refractivity contribution in [2.24, 2.45) is 5.92 Å². The van der Waals surface area contributed by atoms with Gasteiger partial charge < -0.3 is 14.4 Å². The Bertz CT molecular complexity index is 498. The molecule has 0 aromatic carbocycles. The molecular formula is C11H18FNO6S. The second kappa shape index (κ2) is 5.55. The second-order valence-electron chi connectivity index (χ2n) is 5.53. The van der Waals surface area contributed by atoms with E-state index >= 15 is 0 Å². The third-order valence-corrected chi connectivity index (χ3v) is 3.98. The van der Waals surface area contributed by atoms with E-state index in [0.717, 1.165) is 12.0 Å². The lowest BCUT2D eigenvalue weighted by Gasteiger charge is -2.24. The number of hydrogen-bond donors (Lipinski definition) is 0. The Morgan fingerprint density at radius 3 is 2.20 bits per heavy atom. The first kappa shape index (κ1) is 16.7. The largest absolute Gasteiger partial charge is 0.469 e. The van der Waals surface area contributed by atoms with E-state index in [9.17, 15) is 21.9 Å². The van der Waals surface area contributed by atoms with E-state index < -0.39 is 45.6 Å². The minimum atomic E-state index is -4.97. The second-order valence-corrected chi connectivity index (χ2v) is 7.09. The van der Waals surface area contributed by atoms with Gasteiger partial charge in [-0.3, -0.25) is 4.79 Å². The van der Waals surface area contributed by atoms with Crippen LogP contribution < -0.4 is 0 Å². The Balaban J connectivity index is 2.91. The van der Waals surface area contributed by atoms with Crippen molar-refractivity contribution >= 4 is 22.3 Å². The van der Waals surface area contributed by atoms with Crippen LogP contribution in [-0.4, -0.2) is 56.4 Å². The van der Waals surface area contributed by atoms with Gasteiger partial charge in [0.2, 0.25) is 0 Å². The first-order valence-corrected chi connectivity index (χ1v) is 7.39. The maximum absolute atomic E-state index is 13.2. The van der Waals surface area contributed by atoms with Gasteiger partial charge in [-0.05, 0) is 20.8 Å². The molecule has 0 bridgehead atoms. The zero-order chi connectivity index (χ0) is 15.7. The fourth-order valence-electron chi connectivity index (χ4n) is 1.91. The molecule has 116 valence electrons. The highest BCUT2D eigenvalue weighted by molar-refractivity contribution is 7.87. The lowest BCUT2D eigenvalue weighted by atomic mass is 10.1. The first-order chi connectivity index (χ1) is 8.95. The van der Waals surface area contributed by atoms with Gasteiger partial charge in [-0.25, -0.2) is 4.79 Å². The summed E-state index contributed by atoms with van der Waals surface area (Å²) in [4.78, 5) is 24.3. The lowest BCUT2D eigenvalue weighted by Crippen LogP contribution is -2.36. The molecule has 0 saturated carbocycles. The van der Waals surface area contributed by atoms with Gasteiger partial charge in [0.15, 0.2) is 0 Å². The van der Waals surface area contributed by atoms with Crippen molar-refractivity contribution in [1.82, 2.24) is 4.90 Å². The van der Waals surface area contributed by atoms with Crippen molar-refractivity contribution in [2.75, 3.05) is 20.2 Å². The number of ether oxygens (including phenoxy) is 2. The molecule has 7 nitrogen and oxygen atoms in total. The molecule has 1 amide bonds. The van der Waals surface area contributed by atoms with Crippen molar-refractivity contribution in [3.05, 3.63) is 0 Å². The number of halogens is 1. The number of esters is 1. The molecule has 1 aliphatic rings. The Labute approximate surface area is 117 Å². The van der Waals surface area contributed by atoms with Crippen molar-refractivity contribution < 1.29 is 31.4 Å². The summed E-state index contributed by atoms with van der Waals surface area (Å²) in [6.45, 7) is 4.23. The Hall–Kier alpha value is -1.38. The zero-order valence-corrected chi connectivity index (χ0v) is 12.6. The number of rotatable bonds is 2. The van der Waals surface area contributed by atoms with Gasteiger partial charge in [0.25, 0.3) is 0 Å². The normalized spacial score (nSPS) is 23.6. The summed E-state index contributed by atoms with van der Waals surface area (Å²) in [5, 5.41) is -1.62. The van der Waals surface area contributed by atoms with Gasteiger partial charge in [-0.1, -0.05) is 0 Å². The highest BCUT2D eigenvalue weighted by Gasteiger charge is 2.48. The fourth-order valence-corrected chi connectivity index (χ4v) is 2.86. The van der Waals surface area contributed by atoms with Crippen LogP contribution in [0.5, 0.6) is 0 Å². The van der Waals surface area contributed by atoms with Crippen LogP contribution in [0.4, 0.5) is 8.68 Å². The van der Waals surface area contributed by atoms with Gasteiger partial charge in [0, 0.05) is 13.1 Å². The number of hydrogen-bond acceptors (Lipinski definition) is 6. The average molecular weight is 311 g/mol. The maximum atomic E-state index is 13.2. The Kier molecular flexibility index (Phi) is 4.62. The molecule has 1 heterocycles. The standard InChI is InChI=1S/C11H18FNO6S/c1-11(2,3)19-10(15)13-5-7(9(14)18-4)8(6-13)20(12,16)17/h7-8H,5-6H2,1-4H3/t7-,8-/m1/s1. The summed E-state index contributed by atoms with van der Waals surface area (Å²) in [5.41, 5.74) is -0.773. The molecular weight excluding hydrogens is 293 g/mol. The van der Waals surface area contributed by atoms with Crippen LogP contribution in [-0.2, 0) is 24.5 Å². The van der Waals surface area contributed by atoms with Crippen LogP contribution in [0.15, 0.2) is 0 Å². The lowest BCUT2D eigenvalue weighted by molar-refractivity contribution is -0.144. The Morgan fingerprint density at radius 2 is 1.80 bits per heavy atom. The van der Waals surface area contributed by atoms with Crippen molar-refractivity contribution in [2.45, 2.75) is 31.6 Å². The average Bonchev–Trinajstić information content (AvgIpc) is 2.70. The fraction of sp³-hybridized carbons (Fsp3) is 0.818. The van der Waals surface area contributed by atoms with E-state index in [-0.39, 0.29) is 6.54 Å². The predicted molar refractivity (Wildman–Crippen MR) is 67.1 cm³/mol. The quantitative estimate of drug-likeness (QED) is 0.550. The molecule has 1 saturated heterocycles. The molecule has 1 fully saturated rings. The molecule has 2 atom stereocenters. The van der Waals surface area contributed by atoms with Crippen molar-refractivity contribution in [1.29, 1.82) is 0 Å². The molecule has 1 rings (SSSR count). The number of carbonyl (C=O) groups excluding carboxylic acids is 2. The van der Waals surface area contributed by atoms with E-state index in [1.807, 2.05) is 0 Å². The topological polar surface area (TPSA) is 90.0 Å². The van der Waals surface area contributed by atoms with E-state index in [1.165, 1.54) is 0 Å². The summed E-state index contributed by atoms with van der Waals surface area (Å²) in [6, 6.07) is 0. The van der Waals surface area contributed by atoms with Gasteiger partial charge in [-0.2, -0.15) is 8.42 Å². The third-order valence-electron chi connectivity index (χ3n) is 2.78. The Morgan fingerprint density at radius 1 is 1.25 bits per heavy atom. The van der Waals surface area contributed by atoms with Gasteiger partial charge in [0.05, 0.1) is 13.0 Å². The predicted octanol–water partition coefficient (Wildman–Crippen LogP) is 0.694. The maximum Gasteiger partial charge on any atom is 0.410 e. The van der Waals surface area contributed by atoms with Crippen molar-refractivity contribution in [3.63, 3.8) is 0 Å². The summed E-state index contributed by atoms with van der Waals surface area (Å²) >= 11 is 0. The number of amides is 1. The highest BCUT2D eigenvalue weighted by atomic mass is 32.3. The number of likely N-dealkylation sites (tertiary alicyclic amines) is 1. The van der Waals surface area contributed by atoms with Crippen LogP contribution in [0.1, 0.15) is 20.8 Å². The highest BCUT2D eigenvalue weighted by Crippen LogP contribution is 2.27. The van der Waals surface area contributed by atoms with Gasteiger partial charge in [0.1, 0.15) is 10.9 Å². The number of nitrogens with zero attached hydrogens (tertiary/aromatic N) is 1. The van der Waals surface area contributed by atoms with E-state index in [1.54, 1.807) is 20.8 Å². The molecule has 0 N–H and O–H groups in total. The van der Waals surface area contributed by atoms with E-state index in [4.69, 9.17) is 4.74 Å². The number of carbonyl (C=O) groups is 2. The SMILES string of the molecule is COC(=O)[C@@H]1CN(C(=O)OC(C)(C)C)C[C@H]1S(=O)(=O)F. The van der Waals surface area contributed by atoms with Crippen LogP contribution in [0.25, 0.3) is 0 Å². The summed E-state index contributed by atoms with van der Waals surface area (Å²) < 4.78 is 44.8. The van der Waals surface area contributed by atoms with E-state index in [0.29, 0.717) is 0 Å². The molecule has 9 heteroatoms. The van der Waals surface area contributed by atoms with Crippen molar-refractivity contribution in [3.8, 4) is 0 Å². The van der Waals surface area contributed by atoms with Crippen LogP contribution >= 0.6 is 0 Å². The first-order valence-electron chi connectivity index (χ1n) is 5.95. The minimum absolute atomic E-state index is 0.255. The summed E-state index contributed by atoms with van der Waals surface area (Å²) in [6.07, 6.45) is -0.794. The molecule has 20 heavy (non-hydrogen) atoms. The molecule has 0 aliphatic carbocycles. The van der Waals surface area contributed by atoms with E-state index in [2.05, 4.69) is 4.74 Å². The zero-order valence-electron chi connectivity index (χ0n) is 11.8. The smallest absolute Gasteiger partial charge is 0.410 e. The minimum Gasteiger partial charge on any atom is -0.469 e. The number of methoxy groups -OCH3 is 1. The molecule has 1 aliphatic heterocycles. The third kappa shape index (κ3) is 4.06. The molecule has 0 aromatic rings. The summed E-state index contributed by atoms with van der Waals surface area (Å²) in [5.74, 6) is -2.12. The monoisotopic (exact) mass is 311 g/mol. The van der Waals surface area contributed by atoms with Crippen LogP contribution in [0.2, 0.25) is 0 Å². The van der Waals surface area contributed by atoms with Gasteiger partial charge in [-0.15, -0.1) is 3.89 Å². The van der Waals surface area contributed by atoms with Crippen LogP contribution in [0, 0.1) is 5.92 Å². The van der Waals surface area contributed by atoms with Crippen LogP contribution in [0.3, 0.4) is 0 Å². The molecule has 0 radical (unpaired) electrons. The molecule has 0 spiro atoms. The summed E-state index contributed by atoms with van der Waals surface area (Å²) in [7, 11) is -3.90. The van der Waals surface area contributed by atoms with Gasteiger partial charge >= 0.3 is 22.3 Å².